The van der Waals surface area contributed by atoms with E-state index in [1.807, 2.05) is 12.1 Å². The van der Waals surface area contributed by atoms with Gasteiger partial charge in [-0.2, -0.15) is 0 Å². The topological polar surface area (TPSA) is 112 Å². The molecule has 2 aromatic heterocycles. The predicted octanol–water partition coefficient (Wildman–Crippen LogP) is 3.67. The molecule has 0 aliphatic carbocycles. The fourth-order valence-corrected chi connectivity index (χ4v) is 5.22. The Balaban J connectivity index is 1.64. The van der Waals surface area contributed by atoms with Crippen LogP contribution >= 0.6 is 11.6 Å². The summed E-state index contributed by atoms with van der Waals surface area (Å²) in [6, 6.07) is 7.17. The maximum Gasteiger partial charge on any atom is 0.255 e. The molecule has 3 N–H and O–H groups in total. The van der Waals surface area contributed by atoms with E-state index in [0.29, 0.717) is 71.6 Å². The SMILES string of the molecule is C=CC(=O)N1CCC2(CC1)CNC(=O)c1c2[nH]c(-c2ccncn2)c1Nc1cccc(Cl)c1OC. The zero-order chi connectivity index (χ0) is 24.6. The van der Waals surface area contributed by atoms with Crippen LogP contribution in [0.15, 0.2) is 49.4 Å². The fraction of sp³-hybridized carbons (Fsp3) is 0.280. The maximum absolute atomic E-state index is 13.3. The number of anilines is 2. The lowest BCUT2D eigenvalue weighted by atomic mass is 9.72. The Morgan fingerprint density at radius 3 is 2.80 bits per heavy atom. The number of likely N-dealkylation sites (tertiary alicyclic amines) is 1. The summed E-state index contributed by atoms with van der Waals surface area (Å²) in [6.07, 6.45) is 5.86. The molecule has 9 nitrogen and oxygen atoms in total. The van der Waals surface area contributed by atoms with Crippen molar-refractivity contribution in [2.75, 3.05) is 32.1 Å². The number of hydrogen-bond acceptors (Lipinski definition) is 6. The summed E-state index contributed by atoms with van der Waals surface area (Å²) >= 11 is 6.35. The van der Waals surface area contributed by atoms with Gasteiger partial charge in [-0.25, -0.2) is 9.97 Å². The molecule has 2 aliphatic heterocycles. The van der Waals surface area contributed by atoms with Crippen LogP contribution in [0.25, 0.3) is 11.4 Å². The van der Waals surface area contributed by atoms with Crippen LogP contribution in [-0.2, 0) is 10.2 Å². The molecule has 1 aromatic carbocycles. The van der Waals surface area contributed by atoms with Crippen molar-refractivity contribution in [1.29, 1.82) is 0 Å². The summed E-state index contributed by atoms with van der Waals surface area (Å²) in [5.41, 5.74) is 3.53. The predicted molar refractivity (Wildman–Crippen MR) is 133 cm³/mol. The minimum absolute atomic E-state index is 0.0801. The van der Waals surface area contributed by atoms with Crippen LogP contribution < -0.4 is 15.4 Å². The number of halogens is 1. The average molecular weight is 493 g/mol. The monoisotopic (exact) mass is 492 g/mol. The van der Waals surface area contributed by atoms with E-state index in [1.165, 1.54) is 12.4 Å². The van der Waals surface area contributed by atoms with Crippen LogP contribution in [0.4, 0.5) is 11.4 Å². The van der Waals surface area contributed by atoms with Gasteiger partial charge in [0.05, 0.1) is 40.5 Å². The molecule has 180 valence electrons. The summed E-state index contributed by atoms with van der Waals surface area (Å²) in [5.74, 6) is 0.207. The third-order valence-corrected chi connectivity index (χ3v) is 7.12. The number of carbonyl (C=O) groups is 2. The highest BCUT2D eigenvalue weighted by Crippen LogP contribution is 2.46. The molecule has 4 heterocycles. The molecule has 0 radical (unpaired) electrons. The summed E-state index contributed by atoms with van der Waals surface area (Å²) < 4.78 is 5.52. The number of aromatic amines is 1. The van der Waals surface area contributed by atoms with Crippen LogP contribution in [0.5, 0.6) is 5.75 Å². The Kier molecular flexibility index (Phi) is 5.94. The number of ether oxygens (including phenoxy) is 1. The highest BCUT2D eigenvalue weighted by molar-refractivity contribution is 6.32. The van der Waals surface area contributed by atoms with Crippen molar-refractivity contribution in [2.24, 2.45) is 0 Å². The van der Waals surface area contributed by atoms with E-state index in [-0.39, 0.29) is 17.2 Å². The van der Waals surface area contributed by atoms with Crippen molar-refractivity contribution in [2.45, 2.75) is 18.3 Å². The number of methoxy groups -OCH3 is 1. The van der Waals surface area contributed by atoms with Crippen molar-refractivity contribution in [1.82, 2.24) is 25.2 Å². The van der Waals surface area contributed by atoms with Gasteiger partial charge in [-0.3, -0.25) is 9.59 Å². The molecule has 2 amide bonds. The van der Waals surface area contributed by atoms with E-state index in [9.17, 15) is 9.59 Å². The number of aromatic nitrogens is 3. The molecule has 1 fully saturated rings. The lowest BCUT2D eigenvalue weighted by Crippen LogP contribution is -2.53. The fourth-order valence-electron chi connectivity index (χ4n) is 4.97. The first kappa shape index (κ1) is 22.9. The molecule has 3 aromatic rings. The Labute approximate surface area is 207 Å². The third-order valence-electron chi connectivity index (χ3n) is 6.82. The zero-order valence-corrected chi connectivity index (χ0v) is 20.0. The van der Waals surface area contributed by atoms with Gasteiger partial charge in [0, 0.05) is 36.9 Å². The van der Waals surface area contributed by atoms with Crippen molar-refractivity contribution < 1.29 is 14.3 Å². The average Bonchev–Trinajstić information content (AvgIpc) is 3.28. The second-order valence-electron chi connectivity index (χ2n) is 8.66. The molecule has 2 aliphatic rings. The summed E-state index contributed by atoms with van der Waals surface area (Å²) in [5, 5.41) is 6.91. The zero-order valence-electron chi connectivity index (χ0n) is 19.2. The van der Waals surface area contributed by atoms with Gasteiger partial charge in [0.15, 0.2) is 5.75 Å². The second kappa shape index (κ2) is 9.07. The van der Waals surface area contributed by atoms with Gasteiger partial charge in [-0.1, -0.05) is 24.2 Å². The lowest BCUT2D eigenvalue weighted by molar-refractivity contribution is -0.127. The van der Waals surface area contributed by atoms with Crippen molar-refractivity contribution in [3.05, 3.63) is 65.7 Å². The maximum atomic E-state index is 13.3. The number of piperidine rings is 1. The Morgan fingerprint density at radius 1 is 1.31 bits per heavy atom. The van der Waals surface area contributed by atoms with Gasteiger partial charge in [-0.15, -0.1) is 0 Å². The van der Waals surface area contributed by atoms with Gasteiger partial charge in [0.25, 0.3) is 5.91 Å². The minimum atomic E-state index is -0.346. The Morgan fingerprint density at radius 2 is 2.11 bits per heavy atom. The number of H-pyrrole nitrogens is 1. The van der Waals surface area contributed by atoms with Crippen LogP contribution in [0.3, 0.4) is 0 Å². The van der Waals surface area contributed by atoms with E-state index < -0.39 is 0 Å². The first-order chi connectivity index (χ1) is 17.0. The number of hydrogen-bond donors (Lipinski definition) is 3. The number of nitrogens with zero attached hydrogens (tertiary/aromatic N) is 3. The number of rotatable bonds is 5. The molecule has 0 atom stereocenters. The first-order valence-corrected chi connectivity index (χ1v) is 11.7. The van der Waals surface area contributed by atoms with Crippen LogP contribution in [0.1, 0.15) is 28.9 Å². The Hall–Kier alpha value is -3.85. The summed E-state index contributed by atoms with van der Waals surface area (Å²) in [7, 11) is 1.55. The van der Waals surface area contributed by atoms with Crippen molar-refractivity contribution in [3.63, 3.8) is 0 Å². The molecule has 1 saturated heterocycles. The third kappa shape index (κ3) is 3.91. The standard InChI is InChI=1S/C25H25ClN6O3/c1-3-18(33)32-11-8-25(9-12-32)13-28-24(34)19-21(30-17-6-4-5-15(26)22(17)35-2)20(31-23(19)25)16-7-10-27-14-29-16/h3-7,10,14,30-31H,1,8-9,11-13H2,2H3,(H,28,34). The number of benzene rings is 1. The van der Waals surface area contributed by atoms with Gasteiger partial charge >= 0.3 is 0 Å². The van der Waals surface area contributed by atoms with Gasteiger partial charge in [-0.05, 0) is 37.1 Å². The lowest BCUT2D eigenvalue weighted by Gasteiger charge is -2.43. The molecular formula is C25H25ClN6O3. The highest BCUT2D eigenvalue weighted by Gasteiger charge is 2.46. The van der Waals surface area contributed by atoms with Gasteiger partial charge in [0.2, 0.25) is 5.91 Å². The molecule has 1 spiro atoms. The second-order valence-corrected chi connectivity index (χ2v) is 9.06. The molecule has 5 rings (SSSR count). The number of carbonyl (C=O) groups excluding carboxylic acids is 2. The highest BCUT2D eigenvalue weighted by atomic mass is 35.5. The minimum Gasteiger partial charge on any atom is -0.493 e. The van der Waals surface area contributed by atoms with Gasteiger partial charge in [0.1, 0.15) is 6.33 Å². The number of fused-ring (bicyclic) bond motifs is 2. The molecule has 0 unspecified atom stereocenters. The molecular weight excluding hydrogens is 468 g/mol. The van der Waals surface area contributed by atoms with E-state index in [1.54, 1.807) is 30.3 Å². The Bertz CT molecular complexity index is 1300. The van der Waals surface area contributed by atoms with E-state index in [0.717, 1.165) is 5.69 Å². The van der Waals surface area contributed by atoms with E-state index >= 15 is 0 Å². The first-order valence-electron chi connectivity index (χ1n) is 11.3. The molecule has 35 heavy (non-hydrogen) atoms. The quantitative estimate of drug-likeness (QED) is 0.468. The van der Waals surface area contributed by atoms with Crippen molar-refractivity contribution >= 4 is 34.8 Å². The molecule has 0 bridgehead atoms. The molecule has 10 heteroatoms. The molecule has 0 saturated carbocycles. The van der Waals surface area contributed by atoms with Crippen molar-refractivity contribution in [3.8, 4) is 17.1 Å². The number of para-hydroxylation sites is 1. The van der Waals surface area contributed by atoms with E-state index in [2.05, 4.69) is 32.2 Å². The van der Waals surface area contributed by atoms with Gasteiger partial charge < -0.3 is 25.3 Å². The van der Waals surface area contributed by atoms with Crippen LogP contribution in [0, 0.1) is 0 Å². The summed E-state index contributed by atoms with van der Waals surface area (Å²) in [6.45, 7) is 5.24. The smallest absolute Gasteiger partial charge is 0.255 e. The normalized spacial score (nSPS) is 16.4. The number of amides is 2. The van der Waals surface area contributed by atoms with E-state index in [4.69, 9.17) is 16.3 Å². The number of nitrogens with one attached hydrogen (secondary N) is 3. The van der Waals surface area contributed by atoms with Crippen LogP contribution in [-0.4, -0.2) is 58.4 Å². The largest absolute Gasteiger partial charge is 0.493 e. The summed E-state index contributed by atoms with van der Waals surface area (Å²) in [4.78, 5) is 39.2. The van der Waals surface area contributed by atoms with Crippen LogP contribution in [0.2, 0.25) is 5.02 Å².